The molecule has 1 unspecified atom stereocenters. The van der Waals surface area contributed by atoms with Crippen LogP contribution in [-0.4, -0.2) is 38.4 Å². The van der Waals surface area contributed by atoms with Crippen molar-refractivity contribution in [3.8, 4) is 0 Å². The van der Waals surface area contributed by atoms with Crippen molar-refractivity contribution in [2.75, 3.05) is 19.6 Å². The molecule has 2 aliphatic rings. The lowest BCUT2D eigenvalue weighted by atomic mass is 10.00. The van der Waals surface area contributed by atoms with E-state index in [9.17, 15) is 8.42 Å². The van der Waals surface area contributed by atoms with Crippen molar-refractivity contribution in [1.82, 2.24) is 9.62 Å². The zero-order valence-corrected chi connectivity index (χ0v) is 14.7. The third kappa shape index (κ3) is 3.57. The van der Waals surface area contributed by atoms with E-state index >= 15 is 0 Å². The maximum Gasteiger partial charge on any atom is 0.245 e. The van der Waals surface area contributed by atoms with Crippen LogP contribution in [0.1, 0.15) is 25.7 Å². The zero-order valence-electron chi connectivity index (χ0n) is 11.5. The molecule has 2 fully saturated rings. The average molecular weight is 369 g/mol. The molecule has 1 N–H and O–H groups in total. The van der Waals surface area contributed by atoms with Gasteiger partial charge < -0.3 is 5.32 Å². The smallest absolute Gasteiger partial charge is 0.245 e. The van der Waals surface area contributed by atoms with Gasteiger partial charge >= 0.3 is 0 Å². The van der Waals surface area contributed by atoms with E-state index in [0.717, 1.165) is 50.1 Å². The second kappa shape index (κ2) is 6.34. The maximum absolute atomic E-state index is 12.9. The summed E-state index contributed by atoms with van der Waals surface area (Å²) >= 11 is 13.1. The van der Waals surface area contributed by atoms with Gasteiger partial charge in [-0.3, -0.25) is 0 Å². The molecule has 0 amide bonds. The highest BCUT2D eigenvalue weighted by molar-refractivity contribution is 7.89. The molecule has 1 atom stereocenters. The second-order valence-electron chi connectivity index (χ2n) is 5.71. The molecule has 0 aromatic carbocycles. The number of nitrogens with one attached hydrogen (secondary N) is 1. The van der Waals surface area contributed by atoms with Crippen LogP contribution in [0.5, 0.6) is 0 Å². The number of nitrogens with zero attached hydrogens (tertiary/aromatic N) is 1. The van der Waals surface area contributed by atoms with E-state index in [-0.39, 0.29) is 15.3 Å². The van der Waals surface area contributed by atoms with Crippen molar-refractivity contribution in [3.63, 3.8) is 0 Å². The molecule has 21 heavy (non-hydrogen) atoms. The number of halogens is 2. The SMILES string of the molecule is O=S(=O)(c1cc(Cl)sc1Cl)N(CC1CCCNC1)C1CC1. The molecule has 1 aliphatic carbocycles. The van der Waals surface area contributed by atoms with Gasteiger partial charge in [-0.25, -0.2) is 8.42 Å². The Labute approximate surface area is 139 Å². The van der Waals surface area contributed by atoms with Crippen molar-refractivity contribution >= 4 is 44.6 Å². The lowest BCUT2D eigenvalue weighted by Crippen LogP contribution is -2.42. The van der Waals surface area contributed by atoms with Crippen LogP contribution >= 0.6 is 34.5 Å². The molecular weight excluding hydrogens is 351 g/mol. The maximum atomic E-state index is 12.9. The Morgan fingerprint density at radius 1 is 1.33 bits per heavy atom. The monoisotopic (exact) mass is 368 g/mol. The van der Waals surface area contributed by atoms with E-state index in [1.807, 2.05) is 0 Å². The minimum Gasteiger partial charge on any atom is -0.316 e. The fourth-order valence-electron chi connectivity index (χ4n) is 2.77. The number of piperidine rings is 1. The van der Waals surface area contributed by atoms with Gasteiger partial charge in [-0.15, -0.1) is 11.3 Å². The van der Waals surface area contributed by atoms with Crippen molar-refractivity contribution < 1.29 is 8.42 Å². The molecule has 4 nitrogen and oxygen atoms in total. The Balaban J connectivity index is 1.84. The van der Waals surface area contributed by atoms with Gasteiger partial charge in [0.2, 0.25) is 10.0 Å². The fraction of sp³-hybridized carbons (Fsp3) is 0.692. The number of thiophene rings is 1. The topological polar surface area (TPSA) is 49.4 Å². The van der Waals surface area contributed by atoms with Gasteiger partial charge in [-0.1, -0.05) is 23.2 Å². The summed E-state index contributed by atoms with van der Waals surface area (Å²) in [6.07, 6.45) is 4.06. The third-order valence-electron chi connectivity index (χ3n) is 4.00. The molecule has 8 heteroatoms. The van der Waals surface area contributed by atoms with Gasteiger partial charge in [0, 0.05) is 12.6 Å². The summed E-state index contributed by atoms with van der Waals surface area (Å²) in [4.78, 5) is 0.162. The third-order valence-corrected chi connectivity index (χ3v) is 7.67. The predicted molar refractivity (Wildman–Crippen MR) is 86.8 cm³/mol. The molecule has 1 saturated carbocycles. The van der Waals surface area contributed by atoms with Crippen LogP contribution in [0, 0.1) is 5.92 Å². The predicted octanol–water partition coefficient (Wildman–Crippen LogP) is 3.21. The molecular formula is C13H18Cl2N2O2S2. The second-order valence-corrected chi connectivity index (χ2v) is 9.85. The Morgan fingerprint density at radius 2 is 2.10 bits per heavy atom. The summed E-state index contributed by atoms with van der Waals surface area (Å²) < 4.78 is 28.1. The van der Waals surface area contributed by atoms with Gasteiger partial charge in [0.1, 0.15) is 9.23 Å². The molecule has 0 radical (unpaired) electrons. The van der Waals surface area contributed by atoms with Gasteiger partial charge in [0.15, 0.2) is 0 Å². The highest BCUT2D eigenvalue weighted by Crippen LogP contribution is 2.39. The van der Waals surface area contributed by atoms with E-state index < -0.39 is 10.0 Å². The summed E-state index contributed by atoms with van der Waals surface area (Å²) in [5.41, 5.74) is 0. The Morgan fingerprint density at radius 3 is 2.62 bits per heavy atom. The number of sulfonamides is 1. The van der Waals surface area contributed by atoms with Crippen LogP contribution < -0.4 is 5.32 Å². The number of rotatable bonds is 5. The minimum atomic E-state index is -3.55. The van der Waals surface area contributed by atoms with E-state index in [1.165, 1.54) is 6.07 Å². The first kappa shape index (κ1) is 16.0. The van der Waals surface area contributed by atoms with E-state index in [2.05, 4.69) is 5.32 Å². The van der Waals surface area contributed by atoms with E-state index in [1.54, 1.807) is 4.31 Å². The summed E-state index contributed by atoms with van der Waals surface area (Å²) in [6, 6.07) is 1.60. The largest absolute Gasteiger partial charge is 0.316 e. The standard InChI is InChI=1S/C13H18Cl2N2O2S2/c14-12-6-11(13(15)20-12)21(18,19)17(10-3-4-10)8-9-2-1-5-16-7-9/h6,9-10,16H,1-5,7-8H2. The normalized spacial score (nSPS) is 23.7. The highest BCUT2D eigenvalue weighted by Gasteiger charge is 2.40. The molecule has 118 valence electrons. The van der Waals surface area contributed by atoms with Crippen molar-refractivity contribution in [2.45, 2.75) is 36.6 Å². The van der Waals surface area contributed by atoms with E-state index in [4.69, 9.17) is 23.2 Å². The fourth-order valence-corrected chi connectivity index (χ4v) is 6.64. The molecule has 3 rings (SSSR count). The van der Waals surface area contributed by atoms with Gasteiger partial charge in [-0.2, -0.15) is 4.31 Å². The molecule has 1 saturated heterocycles. The summed E-state index contributed by atoms with van der Waals surface area (Å²) in [7, 11) is -3.55. The van der Waals surface area contributed by atoms with Gasteiger partial charge in [0.25, 0.3) is 0 Å². The zero-order chi connectivity index (χ0) is 15.0. The highest BCUT2D eigenvalue weighted by atomic mass is 35.5. The Bertz CT molecular complexity index is 608. The Hall–Kier alpha value is 0.150. The number of hydrogen-bond acceptors (Lipinski definition) is 4. The van der Waals surface area contributed by atoms with Crippen LogP contribution in [0.3, 0.4) is 0 Å². The van der Waals surface area contributed by atoms with Crippen molar-refractivity contribution in [1.29, 1.82) is 0 Å². The quantitative estimate of drug-likeness (QED) is 0.867. The first-order valence-electron chi connectivity index (χ1n) is 7.16. The average Bonchev–Trinajstić information content (AvgIpc) is 3.21. The van der Waals surface area contributed by atoms with Crippen LogP contribution in [0.4, 0.5) is 0 Å². The first-order chi connectivity index (χ1) is 9.98. The molecule has 0 spiro atoms. The Kier molecular flexibility index (Phi) is 4.83. The van der Waals surface area contributed by atoms with Gasteiger partial charge in [-0.05, 0) is 50.8 Å². The molecule has 0 bridgehead atoms. The first-order valence-corrected chi connectivity index (χ1v) is 10.2. The lowest BCUT2D eigenvalue weighted by molar-refractivity contribution is 0.287. The van der Waals surface area contributed by atoms with Gasteiger partial charge in [0.05, 0.1) is 4.34 Å². The summed E-state index contributed by atoms with van der Waals surface area (Å²) in [6.45, 7) is 2.49. The van der Waals surface area contributed by atoms with E-state index in [0.29, 0.717) is 16.8 Å². The minimum absolute atomic E-state index is 0.131. The summed E-state index contributed by atoms with van der Waals surface area (Å²) in [5, 5.41) is 3.34. The molecule has 1 aromatic rings. The van der Waals surface area contributed by atoms with Crippen LogP contribution in [0.2, 0.25) is 8.67 Å². The molecule has 1 aliphatic heterocycles. The summed E-state index contributed by atoms with van der Waals surface area (Å²) in [5.74, 6) is 0.377. The lowest BCUT2D eigenvalue weighted by Gasteiger charge is -2.29. The molecule has 2 heterocycles. The molecule has 1 aromatic heterocycles. The van der Waals surface area contributed by atoms with Crippen molar-refractivity contribution in [2.24, 2.45) is 5.92 Å². The van der Waals surface area contributed by atoms with Crippen LogP contribution in [0.15, 0.2) is 11.0 Å². The number of hydrogen-bond donors (Lipinski definition) is 1. The van der Waals surface area contributed by atoms with Crippen LogP contribution in [0.25, 0.3) is 0 Å². The van der Waals surface area contributed by atoms with Crippen LogP contribution in [-0.2, 0) is 10.0 Å². The van der Waals surface area contributed by atoms with Crippen molar-refractivity contribution in [3.05, 3.63) is 14.7 Å².